The van der Waals surface area contributed by atoms with E-state index in [2.05, 4.69) is 46.3 Å². The number of rotatable bonds is 3. The Bertz CT molecular complexity index is 893. The third kappa shape index (κ3) is 3.15. The molecule has 1 aliphatic rings. The zero-order valence-corrected chi connectivity index (χ0v) is 14.4. The Kier molecular flexibility index (Phi) is 4.24. The van der Waals surface area contributed by atoms with Crippen molar-refractivity contribution >= 4 is 16.8 Å². The Morgan fingerprint density at radius 1 is 1.08 bits per heavy atom. The summed E-state index contributed by atoms with van der Waals surface area (Å²) in [4.78, 5) is 17.3. The third-order valence-electron chi connectivity index (χ3n) is 5.02. The average molecular weight is 334 g/mol. The third-order valence-corrected chi connectivity index (χ3v) is 5.02. The second kappa shape index (κ2) is 6.69. The Morgan fingerprint density at radius 3 is 2.68 bits per heavy atom. The highest BCUT2D eigenvalue weighted by molar-refractivity contribution is 6.05. The number of fused-ring (bicyclic) bond motifs is 1. The predicted molar refractivity (Wildman–Crippen MR) is 98.5 cm³/mol. The molecular weight excluding hydrogens is 312 g/mol. The van der Waals surface area contributed by atoms with Crippen molar-refractivity contribution in [3.8, 4) is 0 Å². The van der Waals surface area contributed by atoms with Gasteiger partial charge in [-0.3, -0.25) is 14.8 Å². The summed E-state index contributed by atoms with van der Waals surface area (Å²) in [6, 6.07) is 14.3. The van der Waals surface area contributed by atoms with Crippen molar-refractivity contribution in [2.24, 2.45) is 0 Å². The van der Waals surface area contributed by atoms with E-state index in [1.807, 2.05) is 23.1 Å². The molecule has 5 heteroatoms. The fourth-order valence-electron chi connectivity index (χ4n) is 3.45. The minimum absolute atomic E-state index is 0.0883. The van der Waals surface area contributed by atoms with Gasteiger partial charge in [0.1, 0.15) is 0 Å². The van der Waals surface area contributed by atoms with Crippen molar-refractivity contribution in [3.05, 3.63) is 65.4 Å². The van der Waals surface area contributed by atoms with E-state index in [1.54, 1.807) is 6.20 Å². The first-order valence-corrected chi connectivity index (χ1v) is 8.70. The molecule has 25 heavy (non-hydrogen) atoms. The molecule has 0 spiro atoms. The van der Waals surface area contributed by atoms with Gasteiger partial charge in [-0.25, -0.2) is 0 Å². The SMILES string of the molecule is Cc1ccccc1CN1CCN(C(=O)c2cccc3cn[nH]c23)CC1. The van der Waals surface area contributed by atoms with Gasteiger partial charge in [-0.1, -0.05) is 36.4 Å². The molecular formula is C20H22N4O. The lowest BCUT2D eigenvalue weighted by Gasteiger charge is -2.35. The van der Waals surface area contributed by atoms with Crippen LogP contribution in [-0.4, -0.2) is 52.1 Å². The highest BCUT2D eigenvalue weighted by atomic mass is 16.2. The largest absolute Gasteiger partial charge is 0.336 e. The quantitative estimate of drug-likeness (QED) is 0.801. The minimum Gasteiger partial charge on any atom is -0.336 e. The average Bonchev–Trinajstić information content (AvgIpc) is 3.12. The van der Waals surface area contributed by atoms with Gasteiger partial charge in [-0.2, -0.15) is 5.10 Å². The lowest BCUT2D eigenvalue weighted by atomic mass is 10.1. The van der Waals surface area contributed by atoms with Gasteiger partial charge in [0.15, 0.2) is 0 Å². The van der Waals surface area contributed by atoms with E-state index >= 15 is 0 Å². The number of aromatic nitrogens is 2. The van der Waals surface area contributed by atoms with Gasteiger partial charge < -0.3 is 4.90 Å². The summed E-state index contributed by atoms with van der Waals surface area (Å²) in [6.45, 7) is 6.42. The van der Waals surface area contributed by atoms with E-state index in [1.165, 1.54) is 11.1 Å². The van der Waals surface area contributed by atoms with Crippen molar-refractivity contribution in [3.63, 3.8) is 0 Å². The normalized spacial score (nSPS) is 15.6. The molecule has 1 amide bonds. The van der Waals surface area contributed by atoms with Crippen LogP contribution >= 0.6 is 0 Å². The molecule has 2 aromatic carbocycles. The van der Waals surface area contributed by atoms with Gasteiger partial charge in [-0.05, 0) is 24.1 Å². The van der Waals surface area contributed by atoms with Crippen molar-refractivity contribution in [1.29, 1.82) is 0 Å². The lowest BCUT2D eigenvalue weighted by Crippen LogP contribution is -2.48. The fraction of sp³-hybridized carbons (Fsp3) is 0.300. The van der Waals surface area contributed by atoms with E-state index in [9.17, 15) is 4.79 Å². The summed E-state index contributed by atoms with van der Waals surface area (Å²) in [6.07, 6.45) is 1.76. The van der Waals surface area contributed by atoms with Crippen LogP contribution in [0.2, 0.25) is 0 Å². The number of benzene rings is 2. The van der Waals surface area contributed by atoms with Crippen molar-refractivity contribution in [2.75, 3.05) is 26.2 Å². The molecule has 1 saturated heterocycles. The van der Waals surface area contributed by atoms with E-state index in [4.69, 9.17) is 0 Å². The molecule has 5 nitrogen and oxygen atoms in total. The first kappa shape index (κ1) is 15.8. The number of aryl methyl sites for hydroxylation is 1. The molecule has 0 saturated carbocycles. The first-order chi connectivity index (χ1) is 12.2. The molecule has 0 aliphatic carbocycles. The second-order valence-electron chi connectivity index (χ2n) is 6.63. The molecule has 1 aliphatic heterocycles. The monoisotopic (exact) mass is 334 g/mol. The maximum Gasteiger partial charge on any atom is 0.256 e. The van der Waals surface area contributed by atoms with Gasteiger partial charge >= 0.3 is 0 Å². The summed E-state index contributed by atoms with van der Waals surface area (Å²) < 4.78 is 0. The molecule has 2 heterocycles. The second-order valence-corrected chi connectivity index (χ2v) is 6.63. The number of hydrogen-bond acceptors (Lipinski definition) is 3. The number of nitrogens with zero attached hydrogens (tertiary/aromatic N) is 3. The zero-order chi connectivity index (χ0) is 17.2. The van der Waals surface area contributed by atoms with Crippen LogP contribution < -0.4 is 0 Å². The van der Waals surface area contributed by atoms with Gasteiger partial charge in [0.2, 0.25) is 0 Å². The molecule has 0 bridgehead atoms. The smallest absolute Gasteiger partial charge is 0.256 e. The van der Waals surface area contributed by atoms with Crippen LogP contribution in [0, 0.1) is 6.92 Å². The number of H-pyrrole nitrogens is 1. The van der Waals surface area contributed by atoms with Crippen molar-refractivity contribution < 1.29 is 4.79 Å². The zero-order valence-electron chi connectivity index (χ0n) is 14.4. The van der Waals surface area contributed by atoms with Gasteiger partial charge in [0, 0.05) is 38.1 Å². The maximum atomic E-state index is 12.9. The fourth-order valence-corrected chi connectivity index (χ4v) is 3.45. The molecule has 1 N–H and O–H groups in total. The molecule has 1 aromatic heterocycles. The summed E-state index contributed by atoms with van der Waals surface area (Å²) in [5.41, 5.74) is 4.23. The van der Waals surface area contributed by atoms with Crippen LogP contribution in [0.1, 0.15) is 21.5 Å². The van der Waals surface area contributed by atoms with E-state index in [0.29, 0.717) is 5.56 Å². The summed E-state index contributed by atoms with van der Waals surface area (Å²) in [5, 5.41) is 7.98. The summed E-state index contributed by atoms with van der Waals surface area (Å²) in [7, 11) is 0. The summed E-state index contributed by atoms with van der Waals surface area (Å²) in [5.74, 6) is 0.0883. The molecule has 128 valence electrons. The van der Waals surface area contributed by atoms with Gasteiger partial charge in [0.25, 0.3) is 5.91 Å². The standard InChI is InChI=1S/C20H22N4O/c1-15-5-2-3-6-17(15)14-23-9-11-24(12-10-23)20(25)18-8-4-7-16-13-21-22-19(16)18/h2-8,13H,9-12,14H2,1H3,(H,21,22). The minimum atomic E-state index is 0.0883. The number of para-hydroxylation sites is 1. The number of aromatic amines is 1. The Labute approximate surface area is 147 Å². The predicted octanol–water partition coefficient (Wildman–Crippen LogP) is 2.83. The molecule has 0 radical (unpaired) electrons. The summed E-state index contributed by atoms with van der Waals surface area (Å²) >= 11 is 0. The maximum absolute atomic E-state index is 12.9. The van der Waals surface area contributed by atoms with Gasteiger partial charge in [-0.15, -0.1) is 0 Å². The van der Waals surface area contributed by atoms with Crippen molar-refractivity contribution in [1.82, 2.24) is 20.0 Å². The topological polar surface area (TPSA) is 52.2 Å². The number of nitrogens with one attached hydrogen (secondary N) is 1. The number of carbonyl (C=O) groups excluding carboxylic acids is 1. The van der Waals surface area contributed by atoms with Gasteiger partial charge in [0.05, 0.1) is 17.3 Å². The Hall–Kier alpha value is -2.66. The number of hydrogen-bond donors (Lipinski definition) is 1. The van der Waals surface area contributed by atoms with Crippen LogP contribution in [0.15, 0.2) is 48.7 Å². The first-order valence-electron chi connectivity index (χ1n) is 8.70. The van der Waals surface area contributed by atoms with E-state index in [-0.39, 0.29) is 5.91 Å². The number of amides is 1. The van der Waals surface area contributed by atoms with E-state index < -0.39 is 0 Å². The molecule has 0 atom stereocenters. The molecule has 0 unspecified atom stereocenters. The van der Waals surface area contributed by atoms with Crippen LogP contribution in [0.3, 0.4) is 0 Å². The van der Waals surface area contributed by atoms with Crippen LogP contribution in [-0.2, 0) is 6.54 Å². The Morgan fingerprint density at radius 2 is 1.88 bits per heavy atom. The van der Waals surface area contributed by atoms with Crippen molar-refractivity contribution in [2.45, 2.75) is 13.5 Å². The number of piperazine rings is 1. The molecule has 4 rings (SSSR count). The van der Waals surface area contributed by atoms with Crippen LogP contribution in [0.5, 0.6) is 0 Å². The number of carbonyl (C=O) groups is 1. The van der Waals surface area contributed by atoms with Crippen LogP contribution in [0.4, 0.5) is 0 Å². The lowest BCUT2D eigenvalue weighted by molar-refractivity contribution is 0.0630. The highest BCUT2D eigenvalue weighted by Crippen LogP contribution is 2.19. The molecule has 1 fully saturated rings. The highest BCUT2D eigenvalue weighted by Gasteiger charge is 2.23. The molecule has 3 aromatic rings. The van der Waals surface area contributed by atoms with Crippen LogP contribution in [0.25, 0.3) is 10.9 Å². The van der Waals surface area contributed by atoms with E-state index in [0.717, 1.165) is 43.6 Å². The Balaban J connectivity index is 1.42.